The average molecular weight is 549 g/mol. The van der Waals surface area contributed by atoms with E-state index in [1.807, 2.05) is 13.0 Å². The van der Waals surface area contributed by atoms with Crippen LogP contribution in [0.3, 0.4) is 0 Å². The molecule has 0 aromatic carbocycles. The van der Waals surface area contributed by atoms with Crippen LogP contribution in [0.2, 0.25) is 0 Å². The third-order valence-corrected chi connectivity index (χ3v) is 6.93. The number of carbonyl (C=O) groups is 2. The first-order valence-corrected chi connectivity index (χ1v) is 12.2. The van der Waals surface area contributed by atoms with Crippen molar-refractivity contribution in [1.82, 2.24) is 25.2 Å². The molecule has 0 spiro atoms. The molecule has 0 bridgehead atoms. The van der Waals surface area contributed by atoms with Gasteiger partial charge < -0.3 is 20.0 Å². The lowest BCUT2D eigenvalue weighted by molar-refractivity contribution is -0.153. The van der Waals surface area contributed by atoms with Gasteiger partial charge in [-0.05, 0) is 43.7 Å². The van der Waals surface area contributed by atoms with Gasteiger partial charge in [-0.25, -0.2) is 14.4 Å². The van der Waals surface area contributed by atoms with Gasteiger partial charge in [0.25, 0.3) is 11.8 Å². The Kier molecular flexibility index (Phi) is 6.51. The number of aryl methyl sites for hydroxylation is 1. The predicted octanol–water partition coefficient (Wildman–Crippen LogP) is 4.57. The molecule has 4 aromatic rings. The number of hydrogen-bond donors (Lipinski definition) is 2. The summed E-state index contributed by atoms with van der Waals surface area (Å²) in [6, 6.07) is 3.94. The van der Waals surface area contributed by atoms with Crippen molar-refractivity contribution in [2.75, 3.05) is 18.4 Å². The molecule has 1 aliphatic rings. The second-order valence-corrected chi connectivity index (χ2v) is 10.1. The van der Waals surface area contributed by atoms with Crippen LogP contribution in [0.4, 0.5) is 23.5 Å². The molecule has 4 aromatic heterocycles. The van der Waals surface area contributed by atoms with E-state index in [-0.39, 0.29) is 30.6 Å². The van der Waals surface area contributed by atoms with E-state index in [9.17, 15) is 27.2 Å². The van der Waals surface area contributed by atoms with Gasteiger partial charge in [0.15, 0.2) is 11.5 Å². The van der Waals surface area contributed by atoms with E-state index in [4.69, 9.17) is 0 Å². The molecule has 1 fully saturated rings. The standard InChI is InChI=1S/C24H20F4N6O3S/c1-11-5-16-20(38-11)19(33-23(32-16)30-12(2)13-6-14(25)8-29-7-13)22(36)34-9-15(10-34)31-21(35)17-3-4-18(37-17)24(26,27)28/h3-8,12,15H,9-10H2,1-2H3,(H,31,35)(H,30,32,33). The molecule has 0 saturated carbocycles. The summed E-state index contributed by atoms with van der Waals surface area (Å²) < 4.78 is 56.9. The molecule has 38 heavy (non-hydrogen) atoms. The average Bonchev–Trinajstić information content (AvgIpc) is 3.46. The number of nitrogens with one attached hydrogen (secondary N) is 2. The number of thiophene rings is 1. The third kappa shape index (κ3) is 5.16. The lowest BCUT2D eigenvalue weighted by atomic mass is 10.1. The van der Waals surface area contributed by atoms with Gasteiger partial charge in [-0.15, -0.1) is 11.3 Å². The lowest BCUT2D eigenvalue weighted by Gasteiger charge is -2.39. The van der Waals surface area contributed by atoms with Crippen molar-refractivity contribution in [1.29, 1.82) is 0 Å². The molecule has 5 heterocycles. The number of alkyl halides is 3. The molecule has 198 valence electrons. The van der Waals surface area contributed by atoms with Crippen LogP contribution in [-0.4, -0.2) is 50.8 Å². The normalized spacial score (nSPS) is 14.8. The Morgan fingerprint density at radius 3 is 2.63 bits per heavy atom. The van der Waals surface area contributed by atoms with E-state index in [2.05, 4.69) is 30.0 Å². The third-order valence-electron chi connectivity index (χ3n) is 5.88. The number of anilines is 1. The fourth-order valence-electron chi connectivity index (χ4n) is 3.96. The predicted molar refractivity (Wildman–Crippen MR) is 129 cm³/mol. The first kappa shape index (κ1) is 25.6. The van der Waals surface area contributed by atoms with Crippen LogP contribution in [0, 0.1) is 12.7 Å². The van der Waals surface area contributed by atoms with Gasteiger partial charge in [0.1, 0.15) is 5.82 Å². The number of amides is 2. The molecule has 0 radical (unpaired) electrons. The number of hydrogen-bond acceptors (Lipinski definition) is 8. The number of rotatable bonds is 6. The molecule has 5 rings (SSSR count). The number of pyridine rings is 1. The van der Waals surface area contributed by atoms with Gasteiger partial charge in [0.05, 0.1) is 28.5 Å². The van der Waals surface area contributed by atoms with Gasteiger partial charge in [-0.1, -0.05) is 0 Å². The Labute approximate surface area is 216 Å². The van der Waals surface area contributed by atoms with Crippen LogP contribution in [0.5, 0.6) is 0 Å². The van der Waals surface area contributed by atoms with Crippen LogP contribution in [-0.2, 0) is 6.18 Å². The first-order valence-electron chi connectivity index (χ1n) is 11.4. The van der Waals surface area contributed by atoms with E-state index in [1.54, 1.807) is 6.92 Å². The maximum atomic E-state index is 13.6. The van der Waals surface area contributed by atoms with Crippen LogP contribution < -0.4 is 10.6 Å². The summed E-state index contributed by atoms with van der Waals surface area (Å²) in [6.07, 6.45) is -2.08. The highest BCUT2D eigenvalue weighted by molar-refractivity contribution is 7.19. The van der Waals surface area contributed by atoms with Crippen molar-refractivity contribution in [2.45, 2.75) is 32.1 Å². The fourth-order valence-corrected chi connectivity index (χ4v) is 4.89. The Morgan fingerprint density at radius 1 is 1.18 bits per heavy atom. The minimum absolute atomic E-state index is 0.140. The van der Waals surface area contributed by atoms with Crippen molar-refractivity contribution in [2.24, 2.45) is 0 Å². The summed E-state index contributed by atoms with van der Waals surface area (Å²) in [5, 5.41) is 5.64. The molecule has 14 heteroatoms. The lowest BCUT2D eigenvalue weighted by Crippen LogP contribution is -2.61. The second-order valence-electron chi connectivity index (χ2n) is 8.81. The molecule has 1 aliphatic heterocycles. The molecule has 0 aliphatic carbocycles. The minimum atomic E-state index is -4.69. The summed E-state index contributed by atoms with van der Waals surface area (Å²) >= 11 is 1.36. The van der Waals surface area contributed by atoms with Gasteiger partial charge in [0, 0.05) is 24.2 Å². The zero-order chi connectivity index (χ0) is 27.2. The van der Waals surface area contributed by atoms with Crippen LogP contribution in [0.1, 0.15) is 50.2 Å². The topological polar surface area (TPSA) is 113 Å². The van der Waals surface area contributed by atoms with Crippen molar-refractivity contribution in [3.05, 3.63) is 70.1 Å². The van der Waals surface area contributed by atoms with E-state index >= 15 is 0 Å². The fraction of sp³-hybridized carbons (Fsp3) is 0.292. The molecule has 1 atom stereocenters. The number of fused-ring (bicyclic) bond motifs is 1. The molecular formula is C24H20F4N6O3S. The molecular weight excluding hydrogens is 528 g/mol. The number of furan rings is 1. The Bertz CT molecular complexity index is 1530. The highest BCUT2D eigenvalue weighted by atomic mass is 32.1. The van der Waals surface area contributed by atoms with Crippen molar-refractivity contribution < 1.29 is 31.6 Å². The molecule has 2 N–H and O–H groups in total. The van der Waals surface area contributed by atoms with Crippen molar-refractivity contribution >= 4 is 39.3 Å². The molecule has 2 amide bonds. The van der Waals surface area contributed by atoms with Crippen molar-refractivity contribution in [3.8, 4) is 0 Å². The summed E-state index contributed by atoms with van der Waals surface area (Å²) in [5.74, 6) is -3.22. The van der Waals surface area contributed by atoms with Gasteiger partial charge in [-0.2, -0.15) is 13.2 Å². The number of carbonyl (C=O) groups excluding carboxylic acids is 2. The Hall–Kier alpha value is -4.07. The highest BCUT2D eigenvalue weighted by Crippen LogP contribution is 2.31. The summed E-state index contributed by atoms with van der Waals surface area (Å²) in [7, 11) is 0. The van der Waals surface area contributed by atoms with Crippen molar-refractivity contribution in [3.63, 3.8) is 0 Å². The minimum Gasteiger partial charge on any atom is -0.446 e. The maximum Gasteiger partial charge on any atom is 0.449 e. The summed E-state index contributed by atoms with van der Waals surface area (Å²) in [6.45, 7) is 3.94. The number of aromatic nitrogens is 3. The zero-order valence-corrected chi connectivity index (χ0v) is 20.8. The second kappa shape index (κ2) is 9.67. The Balaban J connectivity index is 1.28. The number of likely N-dealkylation sites (tertiary alicyclic amines) is 1. The van der Waals surface area contributed by atoms with Gasteiger partial charge in [-0.3, -0.25) is 14.6 Å². The van der Waals surface area contributed by atoms with Gasteiger partial charge in [0.2, 0.25) is 11.7 Å². The van der Waals surface area contributed by atoms with Gasteiger partial charge >= 0.3 is 6.18 Å². The molecule has 1 unspecified atom stereocenters. The van der Waals surface area contributed by atoms with E-state index in [1.165, 1.54) is 28.5 Å². The Morgan fingerprint density at radius 2 is 1.95 bits per heavy atom. The van der Waals surface area contributed by atoms with Crippen LogP contribution in [0.25, 0.3) is 10.2 Å². The SMILES string of the molecule is Cc1cc2nc(NC(C)c3cncc(F)c3)nc(C(=O)N3CC(NC(=O)c4ccc(C(F)(F)F)o4)C3)c2s1. The molecule has 9 nitrogen and oxygen atoms in total. The number of halogens is 4. The van der Waals surface area contributed by atoms with E-state index < -0.39 is 41.5 Å². The smallest absolute Gasteiger partial charge is 0.446 e. The largest absolute Gasteiger partial charge is 0.449 e. The molecule has 1 saturated heterocycles. The van der Waals surface area contributed by atoms with Crippen LogP contribution >= 0.6 is 11.3 Å². The summed E-state index contributed by atoms with van der Waals surface area (Å²) in [5.41, 5.74) is 1.32. The maximum absolute atomic E-state index is 13.6. The van der Waals surface area contributed by atoms with E-state index in [0.29, 0.717) is 21.8 Å². The zero-order valence-electron chi connectivity index (χ0n) is 20.0. The quantitative estimate of drug-likeness (QED) is 0.339. The number of nitrogens with zero attached hydrogens (tertiary/aromatic N) is 4. The first-order chi connectivity index (χ1) is 18.0. The van der Waals surface area contributed by atoms with Crippen LogP contribution in [0.15, 0.2) is 41.1 Å². The highest BCUT2D eigenvalue weighted by Gasteiger charge is 2.37. The monoisotopic (exact) mass is 548 g/mol. The van der Waals surface area contributed by atoms with E-state index in [0.717, 1.165) is 17.1 Å². The summed E-state index contributed by atoms with van der Waals surface area (Å²) in [4.78, 5) is 40.8.